The molecule has 0 atom stereocenters. The van der Waals surface area contributed by atoms with Crippen LogP contribution in [0.1, 0.15) is 0 Å². The molecule has 0 bridgehead atoms. The van der Waals surface area contributed by atoms with E-state index in [0.29, 0.717) is 0 Å². The fourth-order valence-corrected chi connectivity index (χ4v) is 1.69. The van der Waals surface area contributed by atoms with Gasteiger partial charge in [-0.3, -0.25) is 25.0 Å². The average Bonchev–Trinajstić information content (AvgIpc) is 2.37. The first-order chi connectivity index (χ1) is 9.06. The third-order valence-corrected chi connectivity index (χ3v) is 2.36. The Morgan fingerprint density at radius 2 is 1.79 bits per heavy atom. The number of fused-ring (bicyclic) bond motifs is 1. The van der Waals surface area contributed by atoms with E-state index in [-0.39, 0.29) is 36.8 Å². The summed E-state index contributed by atoms with van der Waals surface area (Å²) in [7, 11) is 0. The number of nitrogens with one attached hydrogen (secondary N) is 1. The molecule has 1 N–H and O–H groups in total. The quantitative estimate of drug-likeness (QED) is 0.486. The van der Waals surface area contributed by atoms with Crippen LogP contribution in [0.4, 0.5) is 17.1 Å². The molecule has 1 aromatic carbocycles. The Morgan fingerprint density at radius 1 is 1.16 bits per heavy atom. The second kappa shape index (κ2) is 4.76. The zero-order valence-corrected chi connectivity index (χ0v) is 9.32. The summed E-state index contributed by atoms with van der Waals surface area (Å²) in [6.07, 6.45) is 0.183. The van der Waals surface area contributed by atoms with E-state index in [1.807, 2.05) is 5.32 Å². The van der Waals surface area contributed by atoms with Gasteiger partial charge in [-0.15, -0.1) is 0 Å². The van der Waals surface area contributed by atoms with E-state index in [0.717, 1.165) is 6.07 Å². The highest BCUT2D eigenvalue weighted by atomic mass is 16.6. The Hall–Kier alpha value is -2.91. The molecule has 1 amide bonds. The molecule has 10 nitrogen and oxygen atoms in total. The Balaban J connectivity index is 2.76. The van der Waals surface area contributed by atoms with Crippen molar-refractivity contribution in [2.75, 3.05) is 18.5 Å². The SMILES string of the molecule is O=CNc1cc2c(c([N+](=O)[O-])c1[N+](=O)[O-])OCCO2. The largest absolute Gasteiger partial charge is 0.486 e. The monoisotopic (exact) mass is 269 g/mol. The van der Waals surface area contributed by atoms with Gasteiger partial charge in [-0.1, -0.05) is 0 Å². The fraction of sp³-hybridized carbons (Fsp3) is 0.222. The Bertz CT molecular complexity index is 571. The number of amides is 1. The number of rotatable bonds is 4. The molecule has 100 valence electrons. The van der Waals surface area contributed by atoms with Gasteiger partial charge in [0.15, 0.2) is 5.75 Å². The van der Waals surface area contributed by atoms with Gasteiger partial charge in [-0.2, -0.15) is 0 Å². The van der Waals surface area contributed by atoms with Crippen molar-refractivity contribution < 1.29 is 24.1 Å². The van der Waals surface area contributed by atoms with Gasteiger partial charge in [0.05, 0.1) is 9.85 Å². The van der Waals surface area contributed by atoms with E-state index < -0.39 is 21.2 Å². The molecule has 19 heavy (non-hydrogen) atoms. The zero-order chi connectivity index (χ0) is 14.0. The van der Waals surface area contributed by atoms with Crippen molar-refractivity contribution in [1.29, 1.82) is 0 Å². The van der Waals surface area contributed by atoms with Gasteiger partial charge in [0, 0.05) is 6.07 Å². The van der Waals surface area contributed by atoms with Crippen LogP contribution in [0.25, 0.3) is 0 Å². The number of carbonyl (C=O) groups excluding carboxylic acids is 1. The summed E-state index contributed by atoms with van der Waals surface area (Å²) in [4.78, 5) is 30.5. The number of nitro benzene ring substituents is 2. The van der Waals surface area contributed by atoms with Crippen molar-refractivity contribution >= 4 is 23.5 Å². The lowest BCUT2D eigenvalue weighted by Gasteiger charge is -2.18. The molecule has 10 heteroatoms. The van der Waals surface area contributed by atoms with E-state index in [4.69, 9.17) is 9.47 Å². The summed E-state index contributed by atoms with van der Waals surface area (Å²) in [5, 5.41) is 24.0. The van der Waals surface area contributed by atoms with E-state index in [9.17, 15) is 25.0 Å². The van der Waals surface area contributed by atoms with E-state index in [2.05, 4.69) is 0 Å². The topological polar surface area (TPSA) is 134 Å². The van der Waals surface area contributed by atoms with Gasteiger partial charge in [0.1, 0.15) is 18.9 Å². The summed E-state index contributed by atoms with van der Waals surface area (Å²) >= 11 is 0. The van der Waals surface area contributed by atoms with Crippen LogP contribution < -0.4 is 14.8 Å². The minimum atomic E-state index is -0.956. The average molecular weight is 269 g/mol. The number of benzene rings is 1. The minimum Gasteiger partial charge on any atom is -0.486 e. The smallest absolute Gasteiger partial charge is 0.393 e. The molecule has 1 aliphatic rings. The van der Waals surface area contributed by atoms with Gasteiger partial charge in [0.25, 0.3) is 0 Å². The molecule has 0 saturated carbocycles. The highest BCUT2D eigenvalue weighted by molar-refractivity contribution is 5.86. The maximum atomic E-state index is 11.0. The minimum absolute atomic E-state index is 0.0205. The highest BCUT2D eigenvalue weighted by Crippen LogP contribution is 2.49. The van der Waals surface area contributed by atoms with Crippen molar-refractivity contribution in [2.24, 2.45) is 0 Å². The number of ether oxygens (including phenoxy) is 2. The number of hydrogen-bond acceptors (Lipinski definition) is 7. The summed E-state index contributed by atoms with van der Waals surface area (Å²) in [6, 6.07) is 1.12. The molecule has 2 rings (SSSR count). The molecule has 0 spiro atoms. The first-order valence-corrected chi connectivity index (χ1v) is 5.01. The molecular formula is C9H7N3O7. The van der Waals surface area contributed by atoms with E-state index >= 15 is 0 Å². The molecule has 0 unspecified atom stereocenters. The highest BCUT2D eigenvalue weighted by Gasteiger charge is 2.38. The standard InChI is InChI=1S/C9H7N3O7/c13-4-10-5-3-6-9(19-2-1-18-6)8(12(16)17)7(5)11(14)15/h3-4H,1-2H2,(H,10,13). The number of anilines is 1. The zero-order valence-electron chi connectivity index (χ0n) is 9.32. The second-order valence-corrected chi connectivity index (χ2v) is 3.42. The van der Waals surface area contributed by atoms with Crippen LogP contribution in [-0.2, 0) is 4.79 Å². The van der Waals surface area contributed by atoms with Crippen molar-refractivity contribution in [3.8, 4) is 11.5 Å². The summed E-state index contributed by atoms with van der Waals surface area (Å²) in [5.74, 6) is -0.327. The lowest BCUT2D eigenvalue weighted by atomic mass is 10.2. The van der Waals surface area contributed by atoms with Gasteiger partial charge >= 0.3 is 11.4 Å². The number of nitro groups is 2. The third-order valence-electron chi connectivity index (χ3n) is 2.36. The Labute approximate surface area is 105 Å². The molecule has 0 aromatic heterocycles. The molecule has 0 radical (unpaired) electrons. The predicted molar refractivity (Wildman–Crippen MR) is 60.4 cm³/mol. The van der Waals surface area contributed by atoms with Crippen LogP contribution in [0.15, 0.2) is 6.07 Å². The van der Waals surface area contributed by atoms with Gasteiger partial charge < -0.3 is 14.8 Å². The van der Waals surface area contributed by atoms with Crippen LogP contribution >= 0.6 is 0 Å². The fourth-order valence-electron chi connectivity index (χ4n) is 1.69. The number of hydrogen-bond donors (Lipinski definition) is 1. The number of nitrogens with zero attached hydrogens (tertiary/aromatic N) is 2. The summed E-state index contributed by atoms with van der Waals surface area (Å²) in [5.41, 5.74) is -2.01. The summed E-state index contributed by atoms with van der Waals surface area (Å²) in [6.45, 7) is 0.202. The predicted octanol–water partition coefficient (Wildman–Crippen LogP) is 0.842. The molecule has 1 aliphatic heterocycles. The van der Waals surface area contributed by atoms with E-state index in [1.165, 1.54) is 0 Å². The maximum absolute atomic E-state index is 11.0. The lowest BCUT2D eigenvalue weighted by Crippen LogP contribution is -2.17. The lowest BCUT2D eigenvalue weighted by molar-refractivity contribution is -0.422. The van der Waals surface area contributed by atoms with Crippen molar-refractivity contribution in [2.45, 2.75) is 0 Å². The van der Waals surface area contributed by atoms with Crippen LogP contribution in [-0.4, -0.2) is 29.5 Å². The second-order valence-electron chi connectivity index (χ2n) is 3.42. The first kappa shape index (κ1) is 12.5. The van der Waals surface area contributed by atoms with Gasteiger partial charge in [0.2, 0.25) is 12.2 Å². The van der Waals surface area contributed by atoms with Crippen LogP contribution in [0.3, 0.4) is 0 Å². The maximum Gasteiger partial charge on any atom is 0.393 e. The first-order valence-electron chi connectivity index (χ1n) is 5.01. The number of carbonyl (C=O) groups is 1. The van der Waals surface area contributed by atoms with Crippen LogP contribution in [0.5, 0.6) is 11.5 Å². The molecule has 0 aliphatic carbocycles. The van der Waals surface area contributed by atoms with Crippen molar-refractivity contribution in [3.63, 3.8) is 0 Å². The molecule has 0 fully saturated rings. The van der Waals surface area contributed by atoms with Crippen LogP contribution in [0, 0.1) is 20.2 Å². The Morgan fingerprint density at radius 3 is 2.37 bits per heavy atom. The normalized spacial score (nSPS) is 12.6. The van der Waals surface area contributed by atoms with Crippen molar-refractivity contribution in [1.82, 2.24) is 0 Å². The molecule has 1 heterocycles. The Kier molecular flexibility index (Phi) is 3.14. The van der Waals surface area contributed by atoms with E-state index in [1.54, 1.807) is 0 Å². The van der Waals surface area contributed by atoms with Gasteiger partial charge in [-0.25, -0.2) is 0 Å². The molecule has 0 saturated heterocycles. The summed E-state index contributed by atoms with van der Waals surface area (Å²) < 4.78 is 10.2. The van der Waals surface area contributed by atoms with Gasteiger partial charge in [-0.05, 0) is 0 Å². The van der Waals surface area contributed by atoms with Crippen molar-refractivity contribution in [3.05, 3.63) is 26.3 Å². The molecule has 1 aromatic rings. The third kappa shape index (κ3) is 2.10. The molecular weight excluding hydrogens is 262 g/mol. The van der Waals surface area contributed by atoms with Crippen LogP contribution in [0.2, 0.25) is 0 Å².